The Morgan fingerprint density at radius 2 is 2.06 bits per heavy atom. The molecule has 0 aromatic heterocycles. The molecule has 0 unspecified atom stereocenters. The fraction of sp³-hybridized carbons (Fsp3) is 0.364. The third-order valence-electron chi connectivity index (χ3n) is 2.44. The number of hydrogen-bond donors (Lipinski definition) is 1. The summed E-state index contributed by atoms with van der Waals surface area (Å²) >= 11 is 0. The van der Waals surface area contributed by atoms with Crippen LogP contribution in [0.4, 0.5) is 0 Å². The Bertz CT molecular complexity index is 510. The van der Waals surface area contributed by atoms with Gasteiger partial charge < -0.3 is 5.11 Å². The molecule has 1 rings (SSSR count). The minimum Gasteiger partial charge on any atom is -0.478 e. The number of rotatable bonds is 5. The Morgan fingerprint density at radius 3 is 2.59 bits per heavy atom. The summed E-state index contributed by atoms with van der Waals surface area (Å²) in [4.78, 5) is 10.7. The fourth-order valence-electron chi connectivity index (χ4n) is 1.31. The van der Waals surface area contributed by atoms with E-state index < -0.39 is 16.0 Å². The lowest BCUT2D eigenvalue weighted by atomic mass is 10.1. The second kappa shape index (κ2) is 5.29. The van der Waals surface area contributed by atoms with E-state index in [2.05, 4.69) is 0 Å². The zero-order valence-electron chi connectivity index (χ0n) is 9.75. The number of nitrogens with zero attached hydrogens (tertiary/aromatic N) is 1. The van der Waals surface area contributed by atoms with Crippen molar-refractivity contribution < 1.29 is 18.3 Å². The lowest BCUT2D eigenvalue weighted by Gasteiger charge is -2.14. The zero-order chi connectivity index (χ0) is 13.1. The van der Waals surface area contributed by atoms with Crippen LogP contribution in [0.3, 0.4) is 0 Å². The van der Waals surface area contributed by atoms with Crippen LogP contribution in [0.15, 0.2) is 24.3 Å². The highest BCUT2D eigenvalue weighted by Gasteiger charge is 2.17. The normalized spacial score (nSPS) is 11.7. The van der Waals surface area contributed by atoms with Gasteiger partial charge in [0.15, 0.2) is 0 Å². The Kier molecular flexibility index (Phi) is 4.25. The minimum absolute atomic E-state index is 0.0943. The molecule has 0 aliphatic carbocycles. The van der Waals surface area contributed by atoms with Crippen LogP contribution in [0.25, 0.3) is 0 Å². The third-order valence-corrected chi connectivity index (χ3v) is 4.35. The Hall–Kier alpha value is -1.40. The van der Waals surface area contributed by atoms with Crippen molar-refractivity contribution in [3.63, 3.8) is 0 Å². The molecule has 6 heteroatoms. The van der Waals surface area contributed by atoms with Crippen molar-refractivity contribution in [3.05, 3.63) is 35.4 Å². The van der Waals surface area contributed by atoms with Crippen LogP contribution in [-0.4, -0.2) is 37.4 Å². The van der Waals surface area contributed by atoms with Crippen LogP contribution in [0.5, 0.6) is 0 Å². The van der Waals surface area contributed by atoms with Crippen molar-refractivity contribution in [1.29, 1.82) is 0 Å². The number of aromatic carboxylic acids is 1. The summed E-state index contributed by atoms with van der Waals surface area (Å²) in [5.74, 6) is -1.24. The predicted octanol–water partition coefficient (Wildman–Crippen LogP) is 1.17. The molecular formula is C11H15NO4S. The first-order valence-corrected chi connectivity index (χ1v) is 6.74. The van der Waals surface area contributed by atoms with Crippen LogP contribution < -0.4 is 0 Å². The van der Waals surface area contributed by atoms with Gasteiger partial charge in [-0.05, 0) is 17.7 Å². The summed E-state index contributed by atoms with van der Waals surface area (Å²) in [5, 5.41) is 8.80. The van der Waals surface area contributed by atoms with Gasteiger partial charge in [-0.3, -0.25) is 0 Å². The molecule has 0 amide bonds. The quantitative estimate of drug-likeness (QED) is 0.859. The lowest BCUT2D eigenvalue weighted by molar-refractivity contribution is 0.0696. The van der Waals surface area contributed by atoms with E-state index in [1.807, 2.05) is 0 Å². The van der Waals surface area contributed by atoms with Crippen LogP contribution in [-0.2, 0) is 15.8 Å². The van der Waals surface area contributed by atoms with E-state index in [-0.39, 0.29) is 11.3 Å². The zero-order valence-corrected chi connectivity index (χ0v) is 10.6. The van der Waals surface area contributed by atoms with Crippen LogP contribution in [0.2, 0.25) is 0 Å². The highest BCUT2D eigenvalue weighted by Crippen LogP contribution is 2.11. The number of hydrogen-bond acceptors (Lipinski definition) is 3. The summed E-state index contributed by atoms with van der Waals surface area (Å²) < 4.78 is 24.8. The smallest absolute Gasteiger partial charge is 0.335 e. The third kappa shape index (κ3) is 3.54. The molecule has 0 spiro atoms. The number of carboxylic acid groups (broad SMARTS) is 1. The van der Waals surface area contributed by atoms with Gasteiger partial charge in [-0.2, -0.15) is 0 Å². The second-order valence-corrected chi connectivity index (χ2v) is 5.75. The maximum Gasteiger partial charge on any atom is 0.335 e. The van der Waals surface area contributed by atoms with Gasteiger partial charge in [-0.25, -0.2) is 17.5 Å². The molecule has 17 heavy (non-hydrogen) atoms. The Labute approximate surface area is 101 Å². The highest BCUT2D eigenvalue weighted by atomic mass is 32.2. The maximum absolute atomic E-state index is 11.8. The van der Waals surface area contributed by atoms with E-state index in [0.717, 1.165) is 0 Å². The molecular weight excluding hydrogens is 242 g/mol. The molecule has 0 saturated carbocycles. The van der Waals surface area contributed by atoms with Gasteiger partial charge in [-0.15, -0.1) is 0 Å². The molecule has 0 heterocycles. The van der Waals surface area contributed by atoms with Crippen LogP contribution >= 0.6 is 0 Å². The summed E-state index contributed by atoms with van der Waals surface area (Å²) in [6.45, 7) is 2.13. The summed E-state index contributed by atoms with van der Waals surface area (Å²) in [6, 6.07) is 5.96. The monoisotopic (exact) mass is 257 g/mol. The van der Waals surface area contributed by atoms with Crippen molar-refractivity contribution in [3.8, 4) is 0 Å². The topological polar surface area (TPSA) is 74.7 Å². The summed E-state index contributed by atoms with van der Waals surface area (Å²) in [7, 11) is -1.87. The lowest BCUT2D eigenvalue weighted by Crippen LogP contribution is -2.27. The van der Waals surface area contributed by atoms with E-state index in [1.165, 1.54) is 23.5 Å². The van der Waals surface area contributed by atoms with Gasteiger partial charge in [0.1, 0.15) is 0 Å². The first-order chi connectivity index (χ1) is 7.86. The van der Waals surface area contributed by atoms with Crippen molar-refractivity contribution in [2.45, 2.75) is 12.7 Å². The van der Waals surface area contributed by atoms with Crippen molar-refractivity contribution in [1.82, 2.24) is 4.31 Å². The molecule has 0 bridgehead atoms. The van der Waals surface area contributed by atoms with E-state index >= 15 is 0 Å². The summed E-state index contributed by atoms with van der Waals surface area (Å²) in [6.07, 6.45) is 0. The maximum atomic E-state index is 11.8. The highest BCUT2D eigenvalue weighted by molar-refractivity contribution is 7.88. The SMILES string of the molecule is CCN(C)S(=O)(=O)Cc1cccc(C(=O)O)c1. The second-order valence-electron chi connectivity index (χ2n) is 3.68. The molecule has 0 radical (unpaired) electrons. The molecule has 0 saturated heterocycles. The van der Waals surface area contributed by atoms with E-state index in [4.69, 9.17) is 5.11 Å². The van der Waals surface area contributed by atoms with Gasteiger partial charge in [-0.1, -0.05) is 19.1 Å². The van der Waals surface area contributed by atoms with Crippen LogP contribution in [0, 0.1) is 0 Å². The molecule has 1 N–H and O–H groups in total. The Morgan fingerprint density at radius 1 is 1.41 bits per heavy atom. The minimum atomic E-state index is -3.37. The van der Waals surface area contributed by atoms with Crippen LogP contribution in [0.1, 0.15) is 22.8 Å². The predicted molar refractivity (Wildman–Crippen MR) is 64.3 cm³/mol. The molecule has 0 aliphatic rings. The largest absolute Gasteiger partial charge is 0.478 e. The molecule has 94 valence electrons. The first-order valence-electron chi connectivity index (χ1n) is 5.13. The van der Waals surface area contributed by atoms with Crippen molar-refractivity contribution in [2.24, 2.45) is 0 Å². The molecule has 5 nitrogen and oxygen atoms in total. The number of carbonyl (C=O) groups is 1. The van der Waals surface area contributed by atoms with Crippen molar-refractivity contribution >= 4 is 16.0 Å². The van der Waals surface area contributed by atoms with Gasteiger partial charge in [0, 0.05) is 13.6 Å². The van der Waals surface area contributed by atoms with Gasteiger partial charge >= 0.3 is 5.97 Å². The number of sulfonamides is 1. The van der Waals surface area contributed by atoms with Gasteiger partial charge in [0.2, 0.25) is 10.0 Å². The molecule has 0 fully saturated rings. The Balaban J connectivity index is 2.96. The molecule has 0 atom stereocenters. The average Bonchev–Trinajstić information content (AvgIpc) is 2.27. The van der Waals surface area contributed by atoms with Gasteiger partial charge in [0.25, 0.3) is 0 Å². The van der Waals surface area contributed by atoms with Gasteiger partial charge in [0.05, 0.1) is 11.3 Å². The van der Waals surface area contributed by atoms with E-state index in [0.29, 0.717) is 12.1 Å². The first kappa shape index (κ1) is 13.7. The average molecular weight is 257 g/mol. The standard InChI is InChI=1S/C11H15NO4S/c1-3-12(2)17(15,16)8-9-5-4-6-10(7-9)11(13)14/h4-7H,3,8H2,1-2H3,(H,13,14). The molecule has 1 aromatic carbocycles. The van der Waals surface area contributed by atoms with E-state index in [9.17, 15) is 13.2 Å². The summed E-state index contributed by atoms with van der Waals surface area (Å²) in [5.41, 5.74) is 0.571. The van der Waals surface area contributed by atoms with Crippen molar-refractivity contribution in [2.75, 3.05) is 13.6 Å². The number of carboxylic acids is 1. The molecule has 1 aromatic rings. The van der Waals surface area contributed by atoms with E-state index in [1.54, 1.807) is 19.1 Å². The number of benzene rings is 1. The fourth-order valence-corrected chi connectivity index (χ4v) is 2.53. The molecule has 0 aliphatic heterocycles.